The summed E-state index contributed by atoms with van der Waals surface area (Å²) in [5.41, 5.74) is 7.29. The van der Waals surface area contributed by atoms with Gasteiger partial charge in [-0.25, -0.2) is 0 Å². The molecular weight excluding hydrogens is 344 g/mol. The lowest BCUT2D eigenvalue weighted by atomic mass is 10.1. The van der Waals surface area contributed by atoms with Crippen LogP contribution in [0.15, 0.2) is 52.1 Å². The second-order valence-electron chi connectivity index (χ2n) is 4.22. The Morgan fingerprint density at radius 1 is 1.32 bits per heavy atom. The first-order chi connectivity index (χ1) is 9.15. The van der Waals surface area contributed by atoms with E-state index in [1.54, 1.807) is 18.0 Å². The summed E-state index contributed by atoms with van der Waals surface area (Å²) in [5.74, 6) is 0.830. The van der Waals surface area contributed by atoms with Gasteiger partial charge in [0, 0.05) is 33.6 Å². The van der Waals surface area contributed by atoms with Gasteiger partial charge in [-0.15, -0.1) is 11.8 Å². The van der Waals surface area contributed by atoms with Crippen molar-refractivity contribution in [2.45, 2.75) is 17.4 Å². The minimum atomic E-state index is 0.0809. The summed E-state index contributed by atoms with van der Waals surface area (Å²) in [7, 11) is 0. The van der Waals surface area contributed by atoms with Gasteiger partial charge in [-0.3, -0.25) is 4.98 Å². The molecule has 0 radical (unpaired) electrons. The molecule has 2 rings (SSSR count). The van der Waals surface area contributed by atoms with Crippen LogP contribution >= 0.6 is 39.3 Å². The van der Waals surface area contributed by atoms with Crippen molar-refractivity contribution in [2.24, 2.45) is 5.73 Å². The summed E-state index contributed by atoms with van der Waals surface area (Å²) in [6, 6.07) is 9.95. The number of hydrogen-bond donors (Lipinski definition) is 1. The molecule has 0 bridgehead atoms. The Balaban J connectivity index is 1.88. The van der Waals surface area contributed by atoms with Crippen LogP contribution in [0.2, 0.25) is 5.02 Å². The van der Waals surface area contributed by atoms with Crippen LogP contribution in [0.25, 0.3) is 0 Å². The Morgan fingerprint density at radius 2 is 2.11 bits per heavy atom. The fraction of sp³-hybridized carbons (Fsp3) is 0.214. The van der Waals surface area contributed by atoms with Gasteiger partial charge < -0.3 is 5.73 Å². The molecule has 2 N–H and O–H groups in total. The fourth-order valence-corrected chi connectivity index (χ4v) is 3.29. The van der Waals surface area contributed by atoms with Gasteiger partial charge in [-0.1, -0.05) is 23.7 Å². The molecule has 1 aromatic carbocycles. The number of thioether (sulfide) groups is 1. The third kappa shape index (κ3) is 4.80. The van der Waals surface area contributed by atoms with E-state index >= 15 is 0 Å². The molecule has 2 aromatic rings. The lowest BCUT2D eigenvalue weighted by molar-refractivity contribution is 0.745. The first-order valence-electron chi connectivity index (χ1n) is 5.87. The van der Waals surface area contributed by atoms with Gasteiger partial charge in [0.05, 0.1) is 5.02 Å². The Kier molecular flexibility index (Phi) is 5.70. The maximum Gasteiger partial charge on any atom is 0.0541 e. The molecule has 100 valence electrons. The average molecular weight is 358 g/mol. The predicted molar refractivity (Wildman–Crippen MR) is 85.8 cm³/mol. The van der Waals surface area contributed by atoms with Crippen molar-refractivity contribution in [1.82, 2.24) is 4.98 Å². The third-order valence-corrected chi connectivity index (χ3v) is 4.69. The normalized spacial score (nSPS) is 12.4. The smallest absolute Gasteiger partial charge is 0.0541 e. The number of nitrogens with zero attached hydrogens (tertiary/aromatic N) is 1. The van der Waals surface area contributed by atoms with E-state index in [4.69, 9.17) is 17.3 Å². The third-order valence-electron chi connectivity index (χ3n) is 2.55. The largest absolute Gasteiger partial charge is 0.327 e. The molecule has 0 saturated heterocycles. The summed E-state index contributed by atoms with van der Waals surface area (Å²) in [5, 5.41) is 0.781. The summed E-state index contributed by atoms with van der Waals surface area (Å²) < 4.78 is 0.982. The maximum atomic E-state index is 6.15. The number of nitrogens with two attached hydrogens (primary N) is 1. The summed E-state index contributed by atoms with van der Waals surface area (Å²) in [6.07, 6.45) is 4.43. The molecule has 19 heavy (non-hydrogen) atoms. The second-order valence-corrected chi connectivity index (χ2v) is 6.60. The van der Waals surface area contributed by atoms with Gasteiger partial charge in [-0.05, 0) is 46.1 Å². The van der Waals surface area contributed by atoms with Crippen LogP contribution in [-0.4, -0.2) is 16.8 Å². The molecule has 1 aromatic heterocycles. The van der Waals surface area contributed by atoms with E-state index < -0.39 is 0 Å². The molecule has 1 unspecified atom stereocenters. The standard InChI is InChI=1S/C14H14BrClN2S/c15-11-5-10(7-18-8-11)6-12(17)9-19-14-4-2-1-3-13(14)16/h1-5,7-8,12H,6,9,17H2. The lowest BCUT2D eigenvalue weighted by Gasteiger charge is -2.12. The SMILES string of the molecule is NC(CSc1ccccc1Cl)Cc1cncc(Br)c1. The number of aromatic nitrogens is 1. The van der Waals surface area contributed by atoms with E-state index in [-0.39, 0.29) is 6.04 Å². The lowest BCUT2D eigenvalue weighted by Crippen LogP contribution is -2.25. The van der Waals surface area contributed by atoms with Crippen LogP contribution in [0.1, 0.15) is 5.56 Å². The highest BCUT2D eigenvalue weighted by Gasteiger charge is 2.07. The van der Waals surface area contributed by atoms with Gasteiger partial charge >= 0.3 is 0 Å². The van der Waals surface area contributed by atoms with E-state index in [2.05, 4.69) is 20.9 Å². The number of rotatable bonds is 5. The van der Waals surface area contributed by atoms with Gasteiger partial charge in [0.25, 0.3) is 0 Å². The molecule has 2 nitrogen and oxygen atoms in total. The van der Waals surface area contributed by atoms with Crippen molar-refractivity contribution >= 4 is 39.3 Å². The van der Waals surface area contributed by atoms with E-state index in [0.717, 1.165) is 32.1 Å². The Bertz CT molecular complexity index is 550. The van der Waals surface area contributed by atoms with Crippen molar-refractivity contribution in [2.75, 3.05) is 5.75 Å². The Labute approximate surface area is 130 Å². The quantitative estimate of drug-likeness (QED) is 0.817. The van der Waals surface area contributed by atoms with Gasteiger partial charge in [0.15, 0.2) is 0 Å². The predicted octanol–water partition coefficient (Wildman–Crippen LogP) is 4.16. The molecule has 0 aliphatic carbocycles. The summed E-state index contributed by atoms with van der Waals surface area (Å²) in [4.78, 5) is 5.22. The molecule has 5 heteroatoms. The first kappa shape index (κ1) is 14.9. The van der Waals surface area contributed by atoms with E-state index in [0.29, 0.717) is 0 Å². The highest BCUT2D eigenvalue weighted by atomic mass is 79.9. The molecule has 0 spiro atoms. The zero-order valence-corrected chi connectivity index (χ0v) is 13.4. The summed E-state index contributed by atoms with van der Waals surface area (Å²) in [6.45, 7) is 0. The first-order valence-corrected chi connectivity index (χ1v) is 8.03. The van der Waals surface area contributed by atoms with Crippen molar-refractivity contribution in [3.8, 4) is 0 Å². The molecule has 0 aliphatic heterocycles. The van der Waals surface area contributed by atoms with Crippen LogP contribution in [0.5, 0.6) is 0 Å². The van der Waals surface area contributed by atoms with Gasteiger partial charge in [-0.2, -0.15) is 0 Å². The monoisotopic (exact) mass is 356 g/mol. The van der Waals surface area contributed by atoms with Crippen LogP contribution in [-0.2, 0) is 6.42 Å². The van der Waals surface area contributed by atoms with Crippen LogP contribution in [0.4, 0.5) is 0 Å². The van der Waals surface area contributed by atoms with Crippen molar-refractivity contribution in [3.05, 3.63) is 57.8 Å². The zero-order chi connectivity index (χ0) is 13.7. The van der Waals surface area contributed by atoms with Crippen molar-refractivity contribution in [3.63, 3.8) is 0 Å². The van der Waals surface area contributed by atoms with E-state index in [9.17, 15) is 0 Å². The molecule has 0 aliphatic rings. The second kappa shape index (κ2) is 7.29. The molecule has 0 saturated carbocycles. The zero-order valence-electron chi connectivity index (χ0n) is 10.2. The summed E-state index contributed by atoms with van der Waals surface area (Å²) >= 11 is 11.2. The molecule has 0 fully saturated rings. The van der Waals surface area contributed by atoms with Crippen LogP contribution < -0.4 is 5.73 Å². The molecular formula is C14H14BrClN2S. The van der Waals surface area contributed by atoms with Gasteiger partial charge in [0.1, 0.15) is 0 Å². The Hall–Kier alpha value is -0.550. The number of pyridine rings is 1. The Morgan fingerprint density at radius 3 is 2.84 bits per heavy atom. The minimum Gasteiger partial charge on any atom is -0.327 e. The van der Waals surface area contributed by atoms with Gasteiger partial charge in [0.2, 0.25) is 0 Å². The van der Waals surface area contributed by atoms with Crippen LogP contribution in [0, 0.1) is 0 Å². The van der Waals surface area contributed by atoms with Crippen LogP contribution in [0.3, 0.4) is 0 Å². The molecule has 0 amide bonds. The van der Waals surface area contributed by atoms with E-state index in [1.165, 1.54) is 0 Å². The van der Waals surface area contributed by atoms with Crippen molar-refractivity contribution < 1.29 is 0 Å². The van der Waals surface area contributed by atoms with Crippen molar-refractivity contribution in [1.29, 1.82) is 0 Å². The minimum absolute atomic E-state index is 0.0809. The van der Waals surface area contributed by atoms with E-state index in [1.807, 2.05) is 36.5 Å². The molecule has 1 heterocycles. The highest BCUT2D eigenvalue weighted by molar-refractivity contribution is 9.10. The topological polar surface area (TPSA) is 38.9 Å². The number of benzene rings is 1. The number of halogens is 2. The molecule has 1 atom stereocenters. The average Bonchev–Trinajstić information content (AvgIpc) is 2.38. The highest BCUT2D eigenvalue weighted by Crippen LogP contribution is 2.27. The number of hydrogen-bond acceptors (Lipinski definition) is 3. The fourth-order valence-electron chi connectivity index (χ4n) is 1.69. The maximum absolute atomic E-state index is 6.15.